The van der Waals surface area contributed by atoms with E-state index < -0.39 is 0 Å². The first-order valence-electron chi connectivity index (χ1n) is 7.89. The number of nitrogens with one attached hydrogen (secondary N) is 2. The first-order chi connectivity index (χ1) is 11.5. The quantitative estimate of drug-likeness (QED) is 0.736. The van der Waals surface area contributed by atoms with Crippen molar-refractivity contribution in [1.82, 2.24) is 15.2 Å². The summed E-state index contributed by atoms with van der Waals surface area (Å²) < 4.78 is 0. The highest BCUT2D eigenvalue weighted by molar-refractivity contribution is 5.62. The van der Waals surface area contributed by atoms with E-state index in [1.807, 2.05) is 12.1 Å². The molecule has 1 heterocycles. The van der Waals surface area contributed by atoms with E-state index in [1.54, 1.807) is 6.20 Å². The molecule has 0 saturated heterocycles. The zero-order valence-corrected chi connectivity index (χ0v) is 14.4. The molecule has 2 aromatic carbocycles. The average Bonchev–Trinajstić information content (AvgIpc) is 2.51. The van der Waals surface area contributed by atoms with E-state index in [0.29, 0.717) is 11.8 Å². The molecular weight excluding hydrogens is 298 g/mol. The van der Waals surface area contributed by atoms with Crippen LogP contribution in [0.1, 0.15) is 22.3 Å². The summed E-state index contributed by atoms with van der Waals surface area (Å²) in [6.07, 6.45) is 1.62. The lowest BCUT2D eigenvalue weighted by molar-refractivity contribution is 0.981. The Bertz CT molecular complexity index is 853. The van der Waals surface area contributed by atoms with Crippen molar-refractivity contribution in [2.75, 3.05) is 10.6 Å². The molecule has 0 aliphatic rings. The molecule has 0 saturated carbocycles. The highest BCUT2D eigenvalue weighted by Gasteiger charge is 2.05. The lowest BCUT2D eigenvalue weighted by Crippen LogP contribution is -2.03. The van der Waals surface area contributed by atoms with Crippen LogP contribution in [0, 0.1) is 27.7 Å². The molecule has 0 radical (unpaired) electrons. The molecule has 5 heteroatoms. The molecule has 0 amide bonds. The van der Waals surface area contributed by atoms with Crippen LogP contribution in [-0.4, -0.2) is 15.2 Å². The van der Waals surface area contributed by atoms with Gasteiger partial charge in [0.05, 0.1) is 6.20 Å². The van der Waals surface area contributed by atoms with Gasteiger partial charge in [0.2, 0.25) is 5.95 Å². The van der Waals surface area contributed by atoms with Gasteiger partial charge in [0.1, 0.15) is 0 Å². The van der Waals surface area contributed by atoms with Crippen LogP contribution in [0.25, 0.3) is 0 Å². The van der Waals surface area contributed by atoms with Gasteiger partial charge in [0.15, 0.2) is 5.82 Å². The fourth-order valence-electron chi connectivity index (χ4n) is 2.62. The summed E-state index contributed by atoms with van der Waals surface area (Å²) in [6, 6.07) is 12.4. The molecule has 24 heavy (non-hydrogen) atoms. The fraction of sp³-hybridized carbons (Fsp3) is 0.211. The molecule has 0 spiro atoms. The Balaban J connectivity index is 1.82. The third kappa shape index (κ3) is 3.68. The van der Waals surface area contributed by atoms with E-state index in [-0.39, 0.29) is 0 Å². The number of aryl methyl sites for hydroxylation is 3. The second-order valence-corrected chi connectivity index (χ2v) is 6.04. The van der Waals surface area contributed by atoms with Crippen molar-refractivity contribution in [2.24, 2.45) is 0 Å². The van der Waals surface area contributed by atoms with Crippen LogP contribution in [-0.2, 0) is 0 Å². The second-order valence-electron chi connectivity index (χ2n) is 6.04. The Morgan fingerprint density at radius 2 is 1.62 bits per heavy atom. The standard InChI is InChI=1S/C19H21N5/c1-12-8-13(2)10-16(9-12)21-18-11-20-24-19(23-18)22-17-7-5-6-14(3)15(17)4/h5-11H,1-4H3,(H2,21,22,23,24). The van der Waals surface area contributed by atoms with Gasteiger partial charge in [-0.1, -0.05) is 18.2 Å². The lowest BCUT2D eigenvalue weighted by Gasteiger charge is -2.11. The number of anilines is 4. The van der Waals surface area contributed by atoms with Crippen LogP contribution >= 0.6 is 0 Å². The zero-order chi connectivity index (χ0) is 17.1. The first-order valence-corrected chi connectivity index (χ1v) is 7.89. The lowest BCUT2D eigenvalue weighted by atomic mass is 10.1. The molecular formula is C19H21N5. The van der Waals surface area contributed by atoms with Gasteiger partial charge in [-0.15, -0.1) is 5.10 Å². The molecule has 5 nitrogen and oxygen atoms in total. The van der Waals surface area contributed by atoms with E-state index in [1.165, 1.54) is 22.3 Å². The van der Waals surface area contributed by atoms with E-state index >= 15 is 0 Å². The van der Waals surface area contributed by atoms with Crippen molar-refractivity contribution < 1.29 is 0 Å². The Morgan fingerprint density at radius 3 is 2.38 bits per heavy atom. The van der Waals surface area contributed by atoms with Gasteiger partial charge < -0.3 is 10.6 Å². The van der Waals surface area contributed by atoms with Crippen LogP contribution in [0.15, 0.2) is 42.6 Å². The monoisotopic (exact) mass is 319 g/mol. The van der Waals surface area contributed by atoms with Crippen molar-refractivity contribution in [3.8, 4) is 0 Å². The van der Waals surface area contributed by atoms with Crippen LogP contribution in [0.2, 0.25) is 0 Å². The second kappa shape index (κ2) is 6.66. The molecule has 0 fully saturated rings. The molecule has 0 atom stereocenters. The topological polar surface area (TPSA) is 62.7 Å². The Labute approximate surface area is 142 Å². The Hall–Kier alpha value is -2.95. The van der Waals surface area contributed by atoms with E-state index in [0.717, 1.165) is 11.4 Å². The largest absolute Gasteiger partial charge is 0.339 e. The maximum absolute atomic E-state index is 4.50. The van der Waals surface area contributed by atoms with Crippen LogP contribution in [0.4, 0.5) is 23.1 Å². The van der Waals surface area contributed by atoms with Crippen molar-refractivity contribution in [1.29, 1.82) is 0 Å². The zero-order valence-electron chi connectivity index (χ0n) is 14.4. The molecule has 0 aliphatic heterocycles. The number of benzene rings is 2. The predicted octanol–water partition coefficient (Wildman–Crippen LogP) is 4.59. The summed E-state index contributed by atoms with van der Waals surface area (Å²) in [7, 11) is 0. The minimum absolute atomic E-state index is 0.470. The van der Waals surface area contributed by atoms with Crippen LogP contribution in [0.3, 0.4) is 0 Å². The summed E-state index contributed by atoms with van der Waals surface area (Å²) in [5.41, 5.74) is 6.78. The average molecular weight is 319 g/mol. The number of hydrogen-bond acceptors (Lipinski definition) is 5. The predicted molar refractivity (Wildman–Crippen MR) is 98.2 cm³/mol. The van der Waals surface area contributed by atoms with Gasteiger partial charge in [-0.25, -0.2) is 0 Å². The van der Waals surface area contributed by atoms with Gasteiger partial charge in [-0.05, 0) is 68.1 Å². The van der Waals surface area contributed by atoms with Gasteiger partial charge in [-0.3, -0.25) is 0 Å². The third-order valence-electron chi connectivity index (χ3n) is 3.90. The van der Waals surface area contributed by atoms with E-state index in [4.69, 9.17) is 0 Å². The molecule has 0 aliphatic carbocycles. The molecule has 3 aromatic rings. The minimum atomic E-state index is 0.470. The van der Waals surface area contributed by atoms with Gasteiger partial charge in [-0.2, -0.15) is 10.1 Å². The number of hydrogen-bond donors (Lipinski definition) is 2. The molecule has 122 valence electrons. The number of aromatic nitrogens is 3. The van der Waals surface area contributed by atoms with Crippen molar-refractivity contribution in [3.63, 3.8) is 0 Å². The third-order valence-corrected chi connectivity index (χ3v) is 3.90. The molecule has 3 rings (SSSR count). The summed E-state index contributed by atoms with van der Waals surface area (Å²) in [4.78, 5) is 4.50. The molecule has 1 aromatic heterocycles. The number of nitrogens with zero attached hydrogens (tertiary/aromatic N) is 3. The molecule has 0 unspecified atom stereocenters. The summed E-state index contributed by atoms with van der Waals surface area (Å²) in [5.74, 6) is 1.13. The van der Waals surface area contributed by atoms with Crippen molar-refractivity contribution in [3.05, 3.63) is 64.8 Å². The number of rotatable bonds is 4. The van der Waals surface area contributed by atoms with Gasteiger partial charge >= 0.3 is 0 Å². The SMILES string of the molecule is Cc1cc(C)cc(Nc2cnnc(Nc3cccc(C)c3C)n2)c1. The summed E-state index contributed by atoms with van der Waals surface area (Å²) in [6.45, 7) is 8.30. The smallest absolute Gasteiger partial charge is 0.249 e. The minimum Gasteiger partial charge on any atom is -0.339 e. The highest BCUT2D eigenvalue weighted by atomic mass is 15.3. The van der Waals surface area contributed by atoms with Crippen molar-refractivity contribution in [2.45, 2.75) is 27.7 Å². The molecule has 2 N–H and O–H groups in total. The maximum Gasteiger partial charge on any atom is 0.249 e. The Morgan fingerprint density at radius 1 is 0.875 bits per heavy atom. The molecule has 0 bridgehead atoms. The highest BCUT2D eigenvalue weighted by Crippen LogP contribution is 2.22. The van der Waals surface area contributed by atoms with Crippen molar-refractivity contribution >= 4 is 23.1 Å². The van der Waals surface area contributed by atoms with Gasteiger partial charge in [0, 0.05) is 11.4 Å². The Kier molecular flexibility index (Phi) is 4.42. The van der Waals surface area contributed by atoms with Crippen LogP contribution in [0.5, 0.6) is 0 Å². The summed E-state index contributed by atoms with van der Waals surface area (Å²) in [5, 5.41) is 14.6. The normalized spacial score (nSPS) is 10.5. The first kappa shape index (κ1) is 15.9. The maximum atomic E-state index is 4.50. The van der Waals surface area contributed by atoms with Crippen LogP contribution < -0.4 is 10.6 Å². The van der Waals surface area contributed by atoms with E-state index in [2.05, 4.69) is 77.8 Å². The summed E-state index contributed by atoms with van der Waals surface area (Å²) >= 11 is 0. The fourth-order valence-corrected chi connectivity index (χ4v) is 2.62. The van der Waals surface area contributed by atoms with Gasteiger partial charge in [0.25, 0.3) is 0 Å². The van der Waals surface area contributed by atoms with E-state index in [9.17, 15) is 0 Å².